The zero-order valence-electron chi connectivity index (χ0n) is 12.0. The Balaban J connectivity index is 3.16. The molecule has 1 atom stereocenters. The molecule has 1 rings (SSSR count). The summed E-state index contributed by atoms with van der Waals surface area (Å²) in [6.45, 7) is 5.89. The minimum atomic E-state index is -3.27. The summed E-state index contributed by atoms with van der Waals surface area (Å²) in [7, 11) is -3.27. The predicted molar refractivity (Wildman–Crippen MR) is 78.1 cm³/mol. The van der Waals surface area contributed by atoms with Crippen molar-refractivity contribution in [2.45, 2.75) is 38.0 Å². The van der Waals surface area contributed by atoms with Gasteiger partial charge in [-0.1, -0.05) is 25.1 Å². The van der Waals surface area contributed by atoms with Crippen LogP contribution in [0.25, 0.3) is 0 Å². The molecular formula is C14H23NO3S. The maximum absolute atomic E-state index is 11.9. The number of sulfone groups is 1. The fourth-order valence-electron chi connectivity index (χ4n) is 1.69. The first-order valence-corrected chi connectivity index (χ1v) is 8.28. The van der Waals surface area contributed by atoms with E-state index in [1.54, 1.807) is 13.8 Å². The van der Waals surface area contributed by atoms with E-state index < -0.39 is 20.6 Å². The van der Waals surface area contributed by atoms with Crippen LogP contribution in [0.15, 0.2) is 24.3 Å². The number of nitrogens with two attached hydrogens (primary N) is 1. The van der Waals surface area contributed by atoms with Crippen molar-refractivity contribution in [3.63, 3.8) is 0 Å². The molecule has 1 aromatic carbocycles. The van der Waals surface area contributed by atoms with Gasteiger partial charge in [-0.05, 0) is 26.3 Å². The second-order valence-electron chi connectivity index (χ2n) is 5.24. The van der Waals surface area contributed by atoms with Gasteiger partial charge in [0, 0.05) is 11.8 Å². The van der Waals surface area contributed by atoms with Crippen molar-refractivity contribution in [3.05, 3.63) is 29.8 Å². The van der Waals surface area contributed by atoms with Crippen molar-refractivity contribution >= 4 is 9.84 Å². The largest absolute Gasteiger partial charge is 0.493 e. The molecule has 0 heterocycles. The maximum atomic E-state index is 11.9. The molecule has 5 heteroatoms. The Bertz CT molecular complexity index is 523. The van der Waals surface area contributed by atoms with Crippen molar-refractivity contribution in [2.75, 3.05) is 12.9 Å². The third-order valence-electron chi connectivity index (χ3n) is 3.42. The lowest BCUT2D eigenvalue weighted by Crippen LogP contribution is -2.42. The zero-order valence-corrected chi connectivity index (χ0v) is 12.8. The summed E-state index contributed by atoms with van der Waals surface area (Å²) >= 11 is 0. The van der Waals surface area contributed by atoms with Gasteiger partial charge < -0.3 is 10.5 Å². The van der Waals surface area contributed by atoms with E-state index in [1.165, 1.54) is 6.26 Å². The number of rotatable bonds is 6. The average Bonchev–Trinajstić information content (AvgIpc) is 2.34. The Labute approximate surface area is 115 Å². The minimum Gasteiger partial charge on any atom is -0.493 e. The highest BCUT2D eigenvalue weighted by Crippen LogP contribution is 2.34. The Morgan fingerprint density at radius 2 is 1.89 bits per heavy atom. The van der Waals surface area contributed by atoms with Gasteiger partial charge in [-0.2, -0.15) is 0 Å². The molecule has 0 fully saturated rings. The quantitative estimate of drug-likeness (QED) is 0.870. The number of benzene rings is 1. The van der Waals surface area contributed by atoms with Crippen molar-refractivity contribution in [1.29, 1.82) is 0 Å². The van der Waals surface area contributed by atoms with Crippen LogP contribution in [0.4, 0.5) is 0 Å². The molecule has 108 valence electrons. The van der Waals surface area contributed by atoms with Gasteiger partial charge in [0.25, 0.3) is 0 Å². The van der Waals surface area contributed by atoms with Crippen LogP contribution >= 0.6 is 0 Å². The van der Waals surface area contributed by atoms with Crippen molar-refractivity contribution in [1.82, 2.24) is 0 Å². The van der Waals surface area contributed by atoms with Crippen molar-refractivity contribution in [3.8, 4) is 5.75 Å². The first-order chi connectivity index (χ1) is 8.71. The van der Waals surface area contributed by atoms with Gasteiger partial charge in [0.05, 0.1) is 17.4 Å². The third kappa shape index (κ3) is 3.48. The highest BCUT2D eigenvalue weighted by Gasteiger charge is 2.38. The molecule has 0 aromatic heterocycles. The molecule has 0 saturated carbocycles. The first kappa shape index (κ1) is 16.0. The molecule has 0 aliphatic carbocycles. The molecule has 0 aliphatic heterocycles. The van der Waals surface area contributed by atoms with E-state index in [0.717, 1.165) is 12.0 Å². The fourth-order valence-corrected chi connectivity index (χ4v) is 2.27. The number of hydrogen-bond donors (Lipinski definition) is 1. The van der Waals surface area contributed by atoms with Gasteiger partial charge in [-0.3, -0.25) is 0 Å². The first-order valence-electron chi connectivity index (χ1n) is 6.38. The minimum absolute atomic E-state index is 0.586. The zero-order chi connectivity index (χ0) is 14.7. The second-order valence-corrected chi connectivity index (χ2v) is 7.84. The lowest BCUT2D eigenvalue weighted by atomic mass is 9.95. The van der Waals surface area contributed by atoms with Crippen molar-refractivity contribution in [2.24, 2.45) is 5.73 Å². The molecule has 0 amide bonds. The lowest BCUT2D eigenvalue weighted by Gasteiger charge is -2.31. The van der Waals surface area contributed by atoms with E-state index in [-0.39, 0.29) is 0 Å². The van der Waals surface area contributed by atoms with Crippen LogP contribution in [0, 0.1) is 0 Å². The van der Waals surface area contributed by atoms with E-state index in [4.69, 9.17) is 10.5 Å². The smallest absolute Gasteiger partial charge is 0.154 e. The molecule has 0 spiro atoms. The third-order valence-corrected chi connectivity index (χ3v) is 5.59. The Morgan fingerprint density at radius 1 is 1.32 bits per heavy atom. The Kier molecular flexibility index (Phi) is 4.98. The summed E-state index contributed by atoms with van der Waals surface area (Å²) in [5.74, 6) is 0.661. The normalized spacial score (nSPS) is 14.2. The summed E-state index contributed by atoms with van der Waals surface area (Å²) in [6.07, 6.45) is 2.10. The van der Waals surface area contributed by atoms with Crippen LogP contribution in [0.1, 0.15) is 38.8 Å². The Morgan fingerprint density at radius 3 is 2.42 bits per heavy atom. The lowest BCUT2D eigenvalue weighted by molar-refractivity contribution is 0.310. The summed E-state index contributed by atoms with van der Waals surface area (Å²) in [5, 5.41) is 0. The molecule has 4 nitrogen and oxygen atoms in total. The van der Waals surface area contributed by atoms with Crippen LogP contribution in [-0.2, 0) is 9.84 Å². The molecule has 1 unspecified atom stereocenters. The number of ether oxygens (including phenoxy) is 1. The summed E-state index contributed by atoms with van der Waals surface area (Å²) < 4.78 is 28.3. The van der Waals surface area contributed by atoms with Crippen LogP contribution in [0.2, 0.25) is 0 Å². The Hall–Kier alpha value is -1.07. The van der Waals surface area contributed by atoms with Gasteiger partial charge >= 0.3 is 0 Å². The van der Waals surface area contributed by atoms with E-state index in [9.17, 15) is 8.42 Å². The number of para-hydroxylation sites is 1. The highest BCUT2D eigenvalue weighted by molar-refractivity contribution is 7.92. The maximum Gasteiger partial charge on any atom is 0.154 e. The van der Waals surface area contributed by atoms with Crippen LogP contribution in [0.5, 0.6) is 5.75 Å². The van der Waals surface area contributed by atoms with Crippen LogP contribution < -0.4 is 10.5 Å². The van der Waals surface area contributed by atoms with Crippen LogP contribution in [0.3, 0.4) is 0 Å². The second kappa shape index (κ2) is 5.92. The van der Waals surface area contributed by atoms with Crippen molar-refractivity contribution < 1.29 is 13.2 Å². The molecule has 0 radical (unpaired) electrons. The molecular weight excluding hydrogens is 262 g/mol. The topological polar surface area (TPSA) is 69.4 Å². The van der Waals surface area contributed by atoms with Gasteiger partial charge in [-0.25, -0.2) is 8.42 Å². The van der Waals surface area contributed by atoms with Crippen LogP contribution in [-0.4, -0.2) is 26.0 Å². The standard InChI is InChI=1S/C14H23NO3S/c1-5-10-18-12-9-7-6-8-11(12)13(15)14(2,3)19(4,16)17/h6-9,13H,5,10,15H2,1-4H3. The van der Waals surface area contributed by atoms with E-state index in [2.05, 4.69) is 0 Å². The average molecular weight is 285 g/mol. The molecule has 2 N–H and O–H groups in total. The van der Waals surface area contributed by atoms with Gasteiger partial charge in [0.2, 0.25) is 0 Å². The van der Waals surface area contributed by atoms with E-state index >= 15 is 0 Å². The molecule has 19 heavy (non-hydrogen) atoms. The molecule has 0 saturated heterocycles. The van der Waals surface area contributed by atoms with Gasteiger partial charge in [0.15, 0.2) is 9.84 Å². The van der Waals surface area contributed by atoms with E-state index in [0.29, 0.717) is 12.4 Å². The summed E-state index contributed by atoms with van der Waals surface area (Å²) in [5.41, 5.74) is 6.90. The molecule has 1 aromatic rings. The predicted octanol–water partition coefficient (Wildman–Crippen LogP) is 2.30. The summed E-state index contributed by atoms with van der Waals surface area (Å²) in [4.78, 5) is 0. The summed E-state index contributed by atoms with van der Waals surface area (Å²) in [6, 6.07) is 6.71. The fraction of sp³-hybridized carbons (Fsp3) is 0.571. The highest BCUT2D eigenvalue weighted by atomic mass is 32.2. The molecule has 0 aliphatic rings. The number of hydrogen-bond acceptors (Lipinski definition) is 4. The van der Waals surface area contributed by atoms with Gasteiger partial charge in [-0.15, -0.1) is 0 Å². The molecule has 0 bridgehead atoms. The van der Waals surface area contributed by atoms with Gasteiger partial charge in [0.1, 0.15) is 5.75 Å². The van der Waals surface area contributed by atoms with E-state index in [1.807, 2.05) is 31.2 Å². The SMILES string of the molecule is CCCOc1ccccc1C(N)C(C)(C)S(C)(=O)=O. The monoisotopic (exact) mass is 285 g/mol.